The molecule has 0 N–H and O–H groups in total. The Bertz CT molecular complexity index is 888. The number of ketones is 1. The van der Waals surface area contributed by atoms with Gasteiger partial charge >= 0.3 is 5.97 Å². The smallest absolute Gasteiger partial charge is 0.328 e. The van der Waals surface area contributed by atoms with Gasteiger partial charge in [0.25, 0.3) is 0 Å². The number of methoxy groups -OCH3 is 1. The van der Waals surface area contributed by atoms with Gasteiger partial charge < -0.3 is 9.47 Å². The molecule has 0 radical (unpaired) electrons. The van der Waals surface area contributed by atoms with E-state index in [2.05, 4.69) is 10.3 Å². The van der Waals surface area contributed by atoms with Crippen molar-refractivity contribution >= 4 is 22.8 Å². The minimum Gasteiger partial charge on any atom is -0.496 e. The number of nitrogens with zero attached hydrogens (tertiary/aromatic N) is 3. The van der Waals surface area contributed by atoms with Gasteiger partial charge in [0.15, 0.2) is 6.61 Å². The van der Waals surface area contributed by atoms with Crippen molar-refractivity contribution in [2.24, 2.45) is 0 Å². The van der Waals surface area contributed by atoms with Crippen LogP contribution in [0.2, 0.25) is 0 Å². The van der Waals surface area contributed by atoms with E-state index in [1.54, 1.807) is 30.3 Å². The molecule has 7 nitrogen and oxygen atoms in total. The Morgan fingerprint density at radius 2 is 1.83 bits per heavy atom. The molecule has 3 aromatic rings. The highest BCUT2D eigenvalue weighted by Gasteiger charge is 2.15. The molecule has 7 heteroatoms. The van der Waals surface area contributed by atoms with Gasteiger partial charge in [-0.1, -0.05) is 29.5 Å². The van der Waals surface area contributed by atoms with E-state index in [0.29, 0.717) is 16.8 Å². The fourth-order valence-corrected chi connectivity index (χ4v) is 2.30. The van der Waals surface area contributed by atoms with Crippen LogP contribution in [0.5, 0.6) is 5.75 Å². The molecule has 0 aliphatic carbocycles. The van der Waals surface area contributed by atoms with Gasteiger partial charge in [-0.3, -0.25) is 9.59 Å². The van der Waals surface area contributed by atoms with Crippen molar-refractivity contribution < 1.29 is 19.1 Å². The average molecular weight is 325 g/mol. The molecule has 0 saturated heterocycles. The highest BCUT2D eigenvalue weighted by Crippen LogP contribution is 2.17. The van der Waals surface area contributed by atoms with Crippen LogP contribution in [-0.4, -0.2) is 40.5 Å². The van der Waals surface area contributed by atoms with Gasteiger partial charge in [0.05, 0.1) is 18.2 Å². The molecule has 0 spiro atoms. The molecule has 0 atom stereocenters. The molecule has 0 fully saturated rings. The minimum absolute atomic E-state index is 0.111. The van der Waals surface area contributed by atoms with E-state index in [4.69, 9.17) is 9.47 Å². The Hall–Kier alpha value is -3.22. The summed E-state index contributed by atoms with van der Waals surface area (Å²) in [5, 5.41) is 7.87. The zero-order valence-electron chi connectivity index (χ0n) is 13.0. The number of hydrogen-bond donors (Lipinski definition) is 0. The molecule has 3 rings (SSSR count). The number of ether oxygens (including phenoxy) is 2. The van der Waals surface area contributed by atoms with Crippen LogP contribution in [0, 0.1) is 0 Å². The molecule has 0 unspecified atom stereocenters. The van der Waals surface area contributed by atoms with Gasteiger partial charge in [0.1, 0.15) is 17.8 Å². The highest BCUT2D eigenvalue weighted by molar-refractivity contribution is 6.00. The van der Waals surface area contributed by atoms with E-state index < -0.39 is 5.97 Å². The van der Waals surface area contributed by atoms with Crippen LogP contribution >= 0.6 is 0 Å². The van der Waals surface area contributed by atoms with Crippen LogP contribution in [-0.2, 0) is 16.1 Å². The first-order valence-electron chi connectivity index (χ1n) is 7.29. The van der Waals surface area contributed by atoms with Crippen molar-refractivity contribution in [2.45, 2.75) is 6.54 Å². The number of para-hydroxylation sites is 2. The second-order valence-electron chi connectivity index (χ2n) is 5.02. The van der Waals surface area contributed by atoms with Crippen LogP contribution in [0.15, 0.2) is 48.5 Å². The third kappa shape index (κ3) is 3.24. The first kappa shape index (κ1) is 15.7. The molecule has 0 aliphatic heterocycles. The second-order valence-corrected chi connectivity index (χ2v) is 5.02. The summed E-state index contributed by atoms with van der Waals surface area (Å²) in [7, 11) is 1.48. The van der Waals surface area contributed by atoms with Crippen molar-refractivity contribution in [3.05, 3.63) is 54.1 Å². The van der Waals surface area contributed by atoms with Gasteiger partial charge in [-0.25, -0.2) is 4.68 Å². The molecule has 122 valence electrons. The summed E-state index contributed by atoms with van der Waals surface area (Å²) in [6, 6.07) is 14.1. The summed E-state index contributed by atoms with van der Waals surface area (Å²) >= 11 is 0. The van der Waals surface area contributed by atoms with Crippen molar-refractivity contribution in [1.29, 1.82) is 0 Å². The number of fused-ring (bicyclic) bond motifs is 1. The summed E-state index contributed by atoms with van der Waals surface area (Å²) in [6.45, 7) is -0.467. The lowest BCUT2D eigenvalue weighted by Crippen LogP contribution is -2.19. The second kappa shape index (κ2) is 6.91. The normalized spacial score (nSPS) is 10.5. The third-order valence-corrected chi connectivity index (χ3v) is 3.47. The lowest BCUT2D eigenvalue weighted by molar-refractivity contribution is -0.143. The topological polar surface area (TPSA) is 83.3 Å². The van der Waals surface area contributed by atoms with Crippen molar-refractivity contribution in [3.8, 4) is 5.75 Å². The van der Waals surface area contributed by atoms with Crippen LogP contribution in [0.1, 0.15) is 10.4 Å². The summed E-state index contributed by atoms with van der Waals surface area (Å²) in [6.07, 6.45) is 0. The molecule has 0 bridgehead atoms. The first-order valence-corrected chi connectivity index (χ1v) is 7.29. The Morgan fingerprint density at radius 1 is 1.08 bits per heavy atom. The van der Waals surface area contributed by atoms with E-state index in [1.807, 2.05) is 18.2 Å². The summed E-state index contributed by atoms with van der Waals surface area (Å²) in [4.78, 5) is 24.1. The average Bonchev–Trinajstić information content (AvgIpc) is 3.02. The van der Waals surface area contributed by atoms with E-state index in [0.717, 1.165) is 5.52 Å². The number of benzene rings is 2. The Labute approximate surface area is 137 Å². The minimum atomic E-state index is -0.561. The van der Waals surface area contributed by atoms with E-state index in [-0.39, 0.29) is 18.9 Å². The zero-order chi connectivity index (χ0) is 16.9. The van der Waals surface area contributed by atoms with E-state index in [9.17, 15) is 9.59 Å². The summed E-state index contributed by atoms with van der Waals surface area (Å²) in [5.41, 5.74) is 1.79. The van der Waals surface area contributed by atoms with Crippen LogP contribution in [0.4, 0.5) is 0 Å². The molecule has 0 saturated carbocycles. The van der Waals surface area contributed by atoms with E-state index in [1.165, 1.54) is 11.8 Å². The van der Waals surface area contributed by atoms with Crippen molar-refractivity contribution in [2.75, 3.05) is 13.7 Å². The summed E-state index contributed by atoms with van der Waals surface area (Å²) in [5.74, 6) is -0.445. The van der Waals surface area contributed by atoms with Gasteiger partial charge in [0.2, 0.25) is 5.78 Å². The fourth-order valence-electron chi connectivity index (χ4n) is 2.30. The molecule has 1 heterocycles. The third-order valence-electron chi connectivity index (χ3n) is 3.47. The standard InChI is InChI=1S/C17H15N3O4/c1-23-16-9-5-2-6-12(16)15(21)11-24-17(22)10-20-14-8-4-3-7-13(14)18-19-20/h2-9H,10-11H2,1H3. The molecule has 0 aliphatic rings. The quantitative estimate of drug-likeness (QED) is 0.508. The molecular weight excluding hydrogens is 310 g/mol. The van der Waals surface area contributed by atoms with Crippen LogP contribution in [0.3, 0.4) is 0 Å². The van der Waals surface area contributed by atoms with Crippen molar-refractivity contribution in [1.82, 2.24) is 15.0 Å². The monoisotopic (exact) mass is 325 g/mol. The number of aromatic nitrogens is 3. The number of carbonyl (C=O) groups excluding carboxylic acids is 2. The largest absolute Gasteiger partial charge is 0.496 e. The molecular formula is C17H15N3O4. The lowest BCUT2D eigenvalue weighted by atomic mass is 10.1. The maximum Gasteiger partial charge on any atom is 0.328 e. The number of rotatable bonds is 6. The molecule has 24 heavy (non-hydrogen) atoms. The van der Waals surface area contributed by atoms with Crippen LogP contribution in [0.25, 0.3) is 11.0 Å². The van der Waals surface area contributed by atoms with Gasteiger partial charge in [-0.2, -0.15) is 0 Å². The summed E-state index contributed by atoms with van der Waals surface area (Å²) < 4.78 is 11.6. The zero-order valence-corrected chi connectivity index (χ0v) is 13.0. The number of carbonyl (C=O) groups is 2. The molecule has 1 aromatic heterocycles. The van der Waals surface area contributed by atoms with Crippen molar-refractivity contribution in [3.63, 3.8) is 0 Å². The predicted molar refractivity (Wildman–Crippen MR) is 85.8 cm³/mol. The van der Waals surface area contributed by atoms with Gasteiger partial charge in [0, 0.05) is 0 Å². The van der Waals surface area contributed by atoms with Gasteiger partial charge in [-0.05, 0) is 24.3 Å². The fraction of sp³-hybridized carbons (Fsp3) is 0.176. The number of esters is 1. The Morgan fingerprint density at radius 3 is 2.67 bits per heavy atom. The van der Waals surface area contributed by atoms with Gasteiger partial charge in [-0.15, -0.1) is 5.10 Å². The maximum absolute atomic E-state index is 12.2. The molecule has 2 aromatic carbocycles. The predicted octanol–water partition coefficient (Wildman–Crippen LogP) is 1.87. The SMILES string of the molecule is COc1ccccc1C(=O)COC(=O)Cn1nnc2ccccc21. The highest BCUT2D eigenvalue weighted by atomic mass is 16.5. The Kier molecular flexibility index (Phi) is 4.51. The lowest BCUT2D eigenvalue weighted by Gasteiger charge is -2.08. The molecule has 0 amide bonds. The Balaban J connectivity index is 1.62. The first-order chi connectivity index (χ1) is 11.7. The number of hydrogen-bond acceptors (Lipinski definition) is 6. The van der Waals surface area contributed by atoms with Crippen LogP contribution < -0.4 is 4.74 Å². The maximum atomic E-state index is 12.2. The number of Topliss-reactive ketones (excluding diaryl/α,β-unsaturated/α-hetero) is 1. The van der Waals surface area contributed by atoms with E-state index >= 15 is 0 Å².